The Hall–Kier alpha value is -3.83. The first-order valence-corrected chi connectivity index (χ1v) is 11.0. The zero-order chi connectivity index (χ0) is 22.3. The zero-order valence-electron chi connectivity index (χ0n) is 17.5. The molecule has 0 bridgehead atoms. The van der Waals surface area contributed by atoms with Crippen molar-refractivity contribution >= 4 is 17.7 Å². The van der Waals surface area contributed by atoms with Gasteiger partial charge in [-0.3, -0.25) is 9.36 Å². The van der Waals surface area contributed by atoms with Crippen molar-refractivity contribution in [1.29, 1.82) is 5.26 Å². The van der Waals surface area contributed by atoms with Crippen molar-refractivity contribution in [3.63, 3.8) is 0 Å². The second-order valence-corrected chi connectivity index (χ2v) is 8.14. The lowest BCUT2D eigenvalue weighted by atomic mass is 10.1. The molecule has 2 aromatic heterocycles. The molecule has 0 radical (unpaired) electrons. The molecule has 0 aliphatic heterocycles. The Morgan fingerprint density at radius 1 is 1.06 bits per heavy atom. The first-order chi connectivity index (χ1) is 15.6. The Kier molecular flexibility index (Phi) is 6.68. The molecule has 0 spiro atoms. The molecule has 2 aromatic carbocycles. The summed E-state index contributed by atoms with van der Waals surface area (Å²) in [6, 6.07) is 23.0. The number of benzene rings is 2. The second kappa shape index (κ2) is 9.98. The van der Waals surface area contributed by atoms with Crippen LogP contribution in [0.15, 0.2) is 82.6 Å². The fourth-order valence-electron chi connectivity index (χ4n) is 3.18. The van der Waals surface area contributed by atoms with Gasteiger partial charge < -0.3 is 9.32 Å². The van der Waals surface area contributed by atoms with Gasteiger partial charge in [-0.25, -0.2) is 0 Å². The van der Waals surface area contributed by atoms with E-state index < -0.39 is 0 Å². The van der Waals surface area contributed by atoms with Crippen LogP contribution >= 0.6 is 11.8 Å². The highest BCUT2D eigenvalue weighted by Gasteiger charge is 2.19. The number of hydrogen-bond acceptors (Lipinski definition) is 6. The summed E-state index contributed by atoms with van der Waals surface area (Å²) in [5.74, 6) is 1.47. The molecule has 0 atom stereocenters. The van der Waals surface area contributed by atoms with Crippen molar-refractivity contribution in [2.24, 2.45) is 0 Å². The molecule has 160 valence electrons. The van der Waals surface area contributed by atoms with E-state index in [2.05, 4.69) is 16.3 Å². The van der Waals surface area contributed by atoms with E-state index in [0.717, 1.165) is 11.1 Å². The Morgan fingerprint density at radius 3 is 2.53 bits per heavy atom. The van der Waals surface area contributed by atoms with E-state index >= 15 is 0 Å². The fourth-order valence-corrected chi connectivity index (χ4v) is 4.05. The number of amides is 1. The van der Waals surface area contributed by atoms with Crippen LogP contribution in [0.25, 0.3) is 11.6 Å². The molecule has 0 saturated carbocycles. The third-order valence-electron chi connectivity index (χ3n) is 4.90. The van der Waals surface area contributed by atoms with Gasteiger partial charge in [-0.1, -0.05) is 54.2 Å². The Labute approximate surface area is 190 Å². The van der Waals surface area contributed by atoms with Gasteiger partial charge in [0.25, 0.3) is 0 Å². The number of nitrogens with zero attached hydrogens (tertiary/aromatic N) is 5. The van der Waals surface area contributed by atoms with E-state index in [4.69, 9.17) is 9.68 Å². The smallest absolute Gasteiger partial charge is 0.233 e. The predicted octanol–water partition coefficient (Wildman–Crippen LogP) is 4.21. The summed E-state index contributed by atoms with van der Waals surface area (Å²) >= 11 is 1.35. The minimum Gasteiger partial charge on any atom is -0.461 e. The Bertz CT molecular complexity index is 1210. The monoisotopic (exact) mass is 443 g/mol. The van der Waals surface area contributed by atoms with Crippen molar-refractivity contribution in [2.45, 2.75) is 18.2 Å². The van der Waals surface area contributed by atoms with Crippen molar-refractivity contribution in [3.05, 3.63) is 89.7 Å². The Morgan fingerprint density at radius 2 is 1.84 bits per heavy atom. The van der Waals surface area contributed by atoms with Gasteiger partial charge >= 0.3 is 0 Å². The van der Waals surface area contributed by atoms with E-state index in [9.17, 15) is 4.79 Å². The molecule has 4 rings (SSSR count). The summed E-state index contributed by atoms with van der Waals surface area (Å²) in [6.45, 7) is 1.04. The molecule has 4 aromatic rings. The van der Waals surface area contributed by atoms with Gasteiger partial charge in [0.15, 0.2) is 10.9 Å². The van der Waals surface area contributed by atoms with Crippen LogP contribution in [0, 0.1) is 11.3 Å². The maximum atomic E-state index is 12.7. The van der Waals surface area contributed by atoms with E-state index in [0.29, 0.717) is 35.4 Å². The van der Waals surface area contributed by atoms with Gasteiger partial charge in [0.2, 0.25) is 11.7 Å². The van der Waals surface area contributed by atoms with E-state index in [1.165, 1.54) is 11.8 Å². The third-order valence-corrected chi connectivity index (χ3v) is 5.85. The molecule has 0 aliphatic carbocycles. The highest BCUT2D eigenvalue weighted by molar-refractivity contribution is 7.99. The lowest BCUT2D eigenvalue weighted by molar-refractivity contribution is -0.127. The SMILES string of the molecule is CN(Cc1ccc(C#N)cc1)C(=O)CSc1nnc(-c2ccco2)n1Cc1ccccc1. The average molecular weight is 444 g/mol. The van der Waals surface area contributed by atoms with Crippen molar-refractivity contribution in [3.8, 4) is 17.7 Å². The largest absolute Gasteiger partial charge is 0.461 e. The third kappa shape index (κ3) is 5.07. The molecule has 0 fully saturated rings. The number of aromatic nitrogens is 3. The minimum absolute atomic E-state index is 0.0202. The molecular weight excluding hydrogens is 422 g/mol. The van der Waals surface area contributed by atoms with Gasteiger partial charge in [0, 0.05) is 13.6 Å². The summed E-state index contributed by atoms with van der Waals surface area (Å²) in [7, 11) is 1.77. The number of rotatable bonds is 8. The summed E-state index contributed by atoms with van der Waals surface area (Å²) in [6.07, 6.45) is 1.60. The van der Waals surface area contributed by atoms with Gasteiger partial charge in [0.05, 0.1) is 30.2 Å². The summed E-state index contributed by atoms with van der Waals surface area (Å²) in [4.78, 5) is 14.4. The van der Waals surface area contributed by atoms with Crippen molar-refractivity contribution in [2.75, 3.05) is 12.8 Å². The molecular formula is C24H21N5O2S. The summed E-state index contributed by atoms with van der Waals surface area (Å²) < 4.78 is 7.50. The summed E-state index contributed by atoms with van der Waals surface area (Å²) in [5.41, 5.74) is 2.67. The maximum absolute atomic E-state index is 12.7. The van der Waals surface area contributed by atoms with Crippen molar-refractivity contribution < 1.29 is 9.21 Å². The van der Waals surface area contributed by atoms with E-state index in [1.54, 1.807) is 30.3 Å². The average Bonchev–Trinajstić information content (AvgIpc) is 3.49. The molecule has 7 nitrogen and oxygen atoms in total. The number of nitriles is 1. The van der Waals surface area contributed by atoms with Crippen LogP contribution in [0.1, 0.15) is 16.7 Å². The van der Waals surface area contributed by atoms with Crippen LogP contribution in [-0.4, -0.2) is 38.4 Å². The molecule has 8 heteroatoms. The lowest BCUT2D eigenvalue weighted by Crippen LogP contribution is -2.27. The normalized spacial score (nSPS) is 10.6. The van der Waals surface area contributed by atoms with Crippen LogP contribution in [0.4, 0.5) is 0 Å². The number of carbonyl (C=O) groups excluding carboxylic acids is 1. The summed E-state index contributed by atoms with van der Waals surface area (Å²) in [5, 5.41) is 18.2. The number of carbonyl (C=O) groups is 1. The second-order valence-electron chi connectivity index (χ2n) is 7.20. The molecule has 1 amide bonds. The molecule has 0 saturated heterocycles. The zero-order valence-corrected chi connectivity index (χ0v) is 18.3. The van der Waals surface area contributed by atoms with Gasteiger partial charge in [0.1, 0.15) is 0 Å². The standard InChI is InChI=1S/C24H21N5O2S/c1-28(15-20-11-9-18(14-25)10-12-20)22(30)17-32-24-27-26-23(21-8-5-13-31-21)29(24)16-19-6-3-2-4-7-19/h2-13H,15-17H2,1H3. The molecule has 2 heterocycles. The Balaban J connectivity index is 1.46. The van der Waals surface area contributed by atoms with E-state index in [1.807, 2.05) is 59.2 Å². The van der Waals surface area contributed by atoms with Crippen LogP contribution in [0.2, 0.25) is 0 Å². The van der Waals surface area contributed by atoms with Crippen LogP contribution in [-0.2, 0) is 17.9 Å². The number of furan rings is 1. The van der Waals surface area contributed by atoms with E-state index in [-0.39, 0.29) is 11.7 Å². The van der Waals surface area contributed by atoms with Gasteiger partial charge in [-0.2, -0.15) is 5.26 Å². The first kappa shape index (κ1) is 21.4. The lowest BCUT2D eigenvalue weighted by Gasteiger charge is -2.17. The van der Waals surface area contributed by atoms with Crippen LogP contribution in [0.3, 0.4) is 0 Å². The quantitative estimate of drug-likeness (QED) is 0.379. The topological polar surface area (TPSA) is 87.9 Å². The van der Waals surface area contributed by atoms with Crippen LogP contribution < -0.4 is 0 Å². The first-order valence-electron chi connectivity index (χ1n) is 10.0. The highest BCUT2D eigenvalue weighted by atomic mass is 32.2. The van der Waals surface area contributed by atoms with Gasteiger partial charge in [-0.05, 0) is 35.4 Å². The highest BCUT2D eigenvalue weighted by Crippen LogP contribution is 2.26. The predicted molar refractivity (Wildman–Crippen MR) is 122 cm³/mol. The van der Waals surface area contributed by atoms with Crippen molar-refractivity contribution in [1.82, 2.24) is 19.7 Å². The number of thioether (sulfide) groups is 1. The maximum Gasteiger partial charge on any atom is 0.233 e. The number of hydrogen-bond donors (Lipinski definition) is 0. The molecule has 0 aliphatic rings. The fraction of sp³-hybridized carbons (Fsp3) is 0.167. The van der Waals surface area contributed by atoms with Gasteiger partial charge in [-0.15, -0.1) is 10.2 Å². The molecule has 32 heavy (non-hydrogen) atoms. The minimum atomic E-state index is -0.0202. The van der Waals surface area contributed by atoms with Crippen LogP contribution in [0.5, 0.6) is 0 Å². The molecule has 0 unspecified atom stereocenters. The molecule has 0 N–H and O–H groups in total.